The van der Waals surface area contributed by atoms with Gasteiger partial charge >= 0.3 is 0 Å². The molecule has 0 spiro atoms. The Morgan fingerprint density at radius 2 is 2.10 bits per heavy atom. The number of carbonyl (C=O) groups is 1. The van der Waals surface area contributed by atoms with Gasteiger partial charge in [0.1, 0.15) is 0 Å². The van der Waals surface area contributed by atoms with Gasteiger partial charge in [0, 0.05) is 18.7 Å². The summed E-state index contributed by atoms with van der Waals surface area (Å²) in [5.41, 5.74) is 1.30. The molecule has 1 aromatic heterocycles. The van der Waals surface area contributed by atoms with Gasteiger partial charge in [0.15, 0.2) is 0 Å². The Balaban J connectivity index is 1.47. The van der Waals surface area contributed by atoms with Crippen LogP contribution >= 0.6 is 11.8 Å². The minimum absolute atomic E-state index is 0.173. The van der Waals surface area contributed by atoms with Gasteiger partial charge < -0.3 is 9.32 Å². The lowest BCUT2D eigenvalue weighted by Gasteiger charge is -2.11. The normalized spacial score (nSPS) is 14.9. The number of carbonyl (C=O) groups excluding carboxylic acids is 1. The Hall–Kier alpha value is -1.82. The number of amides is 1. The third kappa shape index (κ3) is 3.85. The van der Waals surface area contributed by atoms with Gasteiger partial charge in [-0.15, -0.1) is 10.2 Å². The maximum Gasteiger partial charge on any atom is 0.276 e. The number of likely N-dealkylation sites (tertiary alicyclic amines) is 1. The number of thioether (sulfide) groups is 1. The molecule has 1 amide bonds. The fourth-order valence-electron chi connectivity index (χ4n) is 2.30. The summed E-state index contributed by atoms with van der Waals surface area (Å²) in [5, 5.41) is 8.61. The summed E-state index contributed by atoms with van der Waals surface area (Å²) < 4.78 is 5.58. The molecule has 3 rings (SSSR count). The summed E-state index contributed by atoms with van der Waals surface area (Å²) in [5.74, 6) is 1.59. The highest BCUT2D eigenvalue weighted by Gasteiger charge is 2.22. The lowest BCUT2D eigenvalue weighted by Crippen LogP contribution is -2.23. The summed E-state index contributed by atoms with van der Waals surface area (Å²) in [6, 6.07) is 10.3. The van der Waals surface area contributed by atoms with E-state index in [1.165, 1.54) is 5.56 Å². The molecule has 2 heterocycles. The zero-order valence-corrected chi connectivity index (χ0v) is 12.5. The van der Waals surface area contributed by atoms with E-state index in [9.17, 15) is 4.79 Å². The van der Waals surface area contributed by atoms with Crippen LogP contribution in [0, 0.1) is 0 Å². The van der Waals surface area contributed by atoms with Crippen molar-refractivity contribution in [3.63, 3.8) is 0 Å². The van der Waals surface area contributed by atoms with Crippen LogP contribution in [0.5, 0.6) is 0 Å². The van der Waals surface area contributed by atoms with Gasteiger partial charge in [-0.3, -0.25) is 4.79 Å². The van der Waals surface area contributed by atoms with E-state index in [4.69, 9.17) is 4.42 Å². The fourth-order valence-corrected chi connectivity index (χ4v) is 3.06. The molecule has 2 aromatic rings. The summed E-state index contributed by atoms with van der Waals surface area (Å²) >= 11 is 1.55. The molecular weight excluding hydrogens is 286 g/mol. The van der Waals surface area contributed by atoms with Gasteiger partial charge in [0.2, 0.25) is 11.8 Å². The average Bonchev–Trinajstić information content (AvgIpc) is 3.11. The maximum atomic E-state index is 11.5. The first-order chi connectivity index (χ1) is 10.3. The fraction of sp³-hybridized carbons (Fsp3) is 0.400. The van der Waals surface area contributed by atoms with Crippen molar-refractivity contribution >= 4 is 17.7 Å². The van der Waals surface area contributed by atoms with Gasteiger partial charge in [-0.05, 0) is 18.4 Å². The van der Waals surface area contributed by atoms with Crippen LogP contribution in [0.2, 0.25) is 0 Å². The minimum Gasteiger partial charge on any atom is -0.414 e. The van der Waals surface area contributed by atoms with E-state index in [-0.39, 0.29) is 5.91 Å². The zero-order chi connectivity index (χ0) is 14.5. The largest absolute Gasteiger partial charge is 0.414 e. The van der Waals surface area contributed by atoms with Crippen LogP contribution < -0.4 is 0 Å². The highest BCUT2D eigenvalue weighted by molar-refractivity contribution is 7.99. The second kappa shape index (κ2) is 6.76. The molecule has 1 aliphatic rings. The summed E-state index contributed by atoms with van der Waals surface area (Å²) in [4.78, 5) is 13.3. The van der Waals surface area contributed by atoms with Crippen molar-refractivity contribution in [2.24, 2.45) is 0 Å². The van der Waals surface area contributed by atoms with E-state index >= 15 is 0 Å². The molecule has 0 atom stereocenters. The molecule has 0 unspecified atom stereocenters. The molecule has 6 heteroatoms. The van der Waals surface area contributed by atoms with Gasteiger partial charge in [0.25, 0.3) is 5.22 Å². The second-order valence-corrected chi connectivity index (χ2v) is 6.01. The van der Waals surface area contributed by atoms with Crippen LogP contribution in [-0.4, -0.2) is 33.3 Å². The van der Waals surface area contributed by atoms with Crippen molar-refractivity contribution in [2.45, 2.75) is 31.0 Å². The lowest BCUT2D eigenvalue weighted by molar-refractivity contribution is -0.128. The van der Waals surface area contributed by atoms with Crippen LogP contribution in [0.25, 0.3) is 0 Å². The number of rotatable bonds is 6. The van der Waals surface area contributed by atoms with Gasteiger partial charge in [-0.1, -0.05) is 42.1 Å². The third-order valence-corrected chi connectivity index (χ3v) is 4.23. The van der Waals surface area contributed by atoms with E-state index in [1.807, 2.05) is 18.2 Å². The number of benzene rings is 1. The number of hydrogen-bond donors (Lipinski definition) is 0. The molecule has 0 saturated carbocycles. The van der Waals surface area contributed by atoms with Crippen LogP contribution in [-0.2, 0) is 17.8 Å². The summed E-state index contributed by atoms with van der Waals surface area (Å²) in [6.07, 6.45) is 2.52. The van der Waals surface area contributed by atoms with E-state index < -0.39 is 0 Å². The quantitative estimate of drug-likeness (QED) is 0.767. The topological polar surface area (TPSA) is 59.2 Å². The SMILES string of the molecule is O=C1CCCN1Cc1nnc(SCCc2ccccc2)o1. The summed E-state index contributed by atoms with van der Waals surface area (Å²) in [7, 11) is 0. The molecule has 1 saturated heterocycles. The Morgan fingerprint density at radius 1 is 1.24 bits per heavy atom. The molecule has 0 radical (unpaired) electrons. The van der Waals surface area contributed by atoms with Gasteiger partial charge in [-0.25, -0.2) is 0 Å². The number of aromatic nitrogens is 2. The van der Waals surface area contributed by atoms with Crippen molar-refractivity contribution < 1.29 is 9.21 Å². The lowest BCUT2D eigenvalue weighted by atomic mass is 10.2. The minimum atomic E-state index is 0.173. The van der Waals surface area contributed by atoms with Crippen molar-refractivity contribution in [3.8, 4) is 0 Å². The first-order valence-electron chi connectivity index (χ1n) is 7.08. The molecule has 0 aliphatic carbocycles. The van der Waals surface area contributed by atoms with Crippen LogP contribution in [0.15, 0.2) is 40.0 Å². The molecule has 21 heavy (non-hydrogen) atoms. The molecule has 1 aliphatic heterocycles. The van der Waals surface area contributed by atoms with Crippen LogP contribution in [0.4, 0.5) is 0 Å². The van der Waals surface area contributed by atoms with Crippen molar-refractivity contribution in [1.29, 1.82) is 0 Å². The molecule has 0 bridgehead atoms. The smallest absolute Gasteiger partial charge is 0.276 e. The summed E-state index contributed by atoms with van der Waals surface area (Å²) in [6.45, 7) is 1.22. The number of aryl methyl sites for hydroxylation is 1. The maximum absolute atomic E-state index is 11.5. The van der Waals surface area contributed by atoms with Gasteiger partial charge in [0.05, 0.1) is 6.54 Å². The van der Waals surface area contributed by atoms with E-state index in [2.05, 4.69) is 22.3 Å². The molecular formula is C15H17N3O2S. The average molecular weight is 303 g/mol. The number of nitrogens with zero attached hydrogens (tertiary/aromatic N) is 3. The highest BCUT2D eigenvalue weighted by atomic mass is 32.2. The number of hydrogen-bond acceptors (Lipinski definition) is 5. The molecule has 1 aromatic carbocycles. The van der Waals surface area contributed by atoms with Gasteiger partial charge in [-0.2, -0.15) is 0 Å². The predicted molar refractivity (Wildman–Crippen MR) is 79.8 cm³/mol. The molecule has 1 fully saturated rings. The highest BCUT2D eigenvalue weighted by Crippen LogP contribution is 2.19. The van der Waals surface area contributed by atoms with Crippen LogP contribution in [0.3, 0.4) is 0 Å². The molecule has 5 nitrogen and oxygen atoms in total. The van der Waals surface area contributed by atoms with Crippen molar-refractivity contribution in [2.75, 3.05) is 12.3 Å². The van der Waals surface area contributed by atoms with Crippen LogP contribution in [0.1, 0.15) is 24.3 Å². The molecule has 110 valence electrons. The second-order valence-electron chi connectivity index (χ2n) is 4.96. The van der Waals surface area contributed by atoms with E-state index in [0.29, 0.717) is 24.1 Å². The van der Waals surface area contributed by atoms with E-state index in [0.717, 1.165) is 25.1 Å². The third-order valence-electron chi connectivity index (χ3n) is 3.40. The predicted octanol–water partition coefficient (Wildman–Crippen LogP) is 2.53. The Kier molecular flexibility index (Phi) is 4.55. The monoisotopic (exact) mass is 303 g/mol. The Bertz CT molecular complexity index is 600. The first-order valence-corrected chi connectivity index (χ1v) is 8.07. The Labute approximate surface area is 127 Å². The zero-order valence-electron chi connectivity index (χ0n) is 11.7. The standard InChI is InChI=1S/C15H17N3O2S/c19-14-7-4-9-18(14)11-13-16-17-15(20-13)21-10-8-12-5-2-1-3-6-12/h1-3,5-6H,4,7-11H2. The van der Waals surface area contributed by atoms with Crippen molar-refractivity contribution in [1.82, 2.24) is 15.1 Å². The van der Waals surface area contributed by atoms with E-state index in [1.54, 1.807) is 16.7 Å². The van der Waals surface area contributed by atoms with Crippen molar-refractivity contribution in [3.05, 3.63) is 41.8 Å². The first kappa shape index (κ1) is 14.1. The Morgan fingerprint density at radius 3 is 2.86 bits per heavy atom. The molecule has 0 N–H and O–H groups in total.